The Morgan fingerprint density at radius 2 is 1.60 bits per heavy atom. The largest absolute Gasteiger partial charge is 0.337 e. The molecule has 35 heavy (non-hydrogen) atoms. The maximum absolute atomic E-state index is 13.6. The van der Waals surface area contributed by atoms with Crippen LogP contribution in [0.1, 0.15) is 21.5 Å². The summed E-state index contributed by atoms with van der Waals surface area (Å²) in [5, 5.41) is 0.528. The average Bonchev–Trinajstić information content (AvgIpc) is 3.27. The van der Waals surface area contributed by atoms with E-state index in [1.54, 1.807) is 24.3 Å². The Morgan fingerprint density at radius 3 is 2.31 bits per heavy atom. The summed E-state index contributed by atoms with van der Waals surface area (Å²) in [6.45, 7) is 1.88. The van der Waals surface area contributed by atoms with Gasteiger partial charge in [0.25, 0.3) is 5.56 Å². The van der Waals surface area contributed by atoms with Crippen molar-refractivity contribution in [2.45, 2.75) is 20.0 Å². The standard InChI is InChI=1S/C27H21ClN4O3/c1-18-7-5-6-10-22(18)32-25-24(26(34)31(27(32)35)15-19-8-3-2-4-9-19)30(17-29-25)16-23(33)20-11-13-21(28)14-12-20/h2-14,17H,15-16H2,1H3. The van der Waals surface area contributed by atoms with Crippen molar-refractivity contribution in [2.75, 3.05) is 0 Å². The van der Waals surface area contributed by atoms with Gasteiger partial charge in [0.05, 0.1) is 25.1 Å². The molecule has 0 saturated carbocycles. The number of carbonyl (C=O) groups excluding carboxylic acids is 1. The zero-order chi connectivity index (χ0) is 24.5. The molecule has 0 unspecified atom stereocenters. The molecule has 5 aromatic rings. The van der Waals surface area contributed by atoms with E-state index in [4.69, 9.17) is 11.6 Å². The molecule has 7 nitrogen and oxygen atoms in total. The lowest BCUT2D eigenvalue weighted by atomic mass is 10.1. The number of nitrogens with zero attached hydrogens (tertiary/aromatic N) is 4. The van der Waals surface area contributed by atoms with E-state index in [0.717, 1.165) is 11.1 Å². The van der Waals surface area contributed by atoms with Crippen LogP contribution in [0.5, 0.6) is 0 Å². The van der Waals surface area contributed by atoms with Crippen LogP contribution in [0.2, 0.25) is 5.02 Å². The molecule has 5 rings (SSSR count). The summed E-state index contributed by atoms with van der Waals surface area (Å²) in [7, 11) is 0. The number of rotatable bonds is 6. The number of carbonyl (C=O) groups is 1. The second-order valence-corrected chi connectivity index (χ2v) is 8.69. The molecule has 0 saturated heterocycles. The van der Waals surface area contributed by atoms with Gasteiger partial charge in [-0.15, -0.1) is 0 Å². The summed E-state index contributed by atoms with van der Waals surface area (Å²) in [5.74, 6) is -0.205. The molecule has 2 heterocycles. The highest BCUT2D eigenvalue weighted by molar-refractivity contribution is 6.30. The minimum atomic E-state index is -0.500. The van der Waals surface area contributed by atoms with Crippen molar-refractivity contribution in [1.82, 2.24) is 18.7 Å². The lowest BCUT2D eigenvalue weighted by Crippen LogP contribution is -2.40. The Hall–Kier alpha value is -4.23. The third-order valence-electron chi connectivity index (χ3n) is 5.92. The number of aromatic nitrogens is 4. The fraction of sp³-hybridized carbons (Fsp3) is 0.111. The van der Waals surface area contributed by atoms with Gasteiger partial charge < -0.3 is 4.57 Å². The zero-order valence-corrected chi connectivity index (χ0v) is 19.6. The summed E-state index contributed by atoms with van der Waals surface area (Å²) in [6, 6.07) is 23.3. The Kier molecular flexibility index (Phi) is 5.93. The van der Waals surface area contributed by atoms with Crippen molar-refractivity contribution in [1.29, 1.82) is 0 Å². The van der Waals surface area contributed by atoms with Crippen molar-refractivity contribution < 1.29 is 4.79 Å². The van der Waals surface area contributed by atoms with Crippen LogP contribution in [0.15, 0.2) is 94.8 Å². The van der Waals surface area contributed by atoms with E-state index in [2.05, 4.69) is 4.98 Å². The zero-order valence-electron chi connectivity index (χ0n) is 18.9. The molecule has 0 aliphatic heterocycles. The van der Waals surface area contributed by atoms with Gasteiger partial charge in [-0.3, -0.25) is 14.2 Å². The van der Waals surface area contributed by atoms with Crippen LogP contribution in [-0.4, -0.2) is 24.5 Å². The summed E-state index contributed by atoms with van der Waals surface area (Å²) >= 11 is 5.94. The quantitative estimate of drug-likeness (QED) is 0.338. The molecule has 0 fully saturated rings. The third kappa shape index (κ3) is 4.22. The Morgan fingerprint density at radius 1 is 0.914 bits per heavy atom. The van der Waals surface area contributed by atoms with Crippen molar-refractivity contribution in [3.05, 3.63) is 128 Å². The van der Waals surface area contributed by atoms with Crippen molar-refractivity contribution in [2.24, 2.45) is 0 Å². The Balaban J connectivity index is 1.72. The molecule has 8 heteroatoms. The molecule has 3 aromatic carbocycles. The molecule has 0 aliphatic rings. The van der Waals surface area contributed by atoms with Crippen LogP contribution >= 0.6 is 11.6 Å². The van der Waals surface area contributed by atoms with E-state index in [1.807, 2.05) is 61.5 Å². The maximum atomic E-state index is 13.6. The predicted octanol–water partition coefficient (Wildman–Crippen LogP) is 4.24. The van der Waals surface area contributed by atoms with Crippen LogP contribution in [0.25, 0.3) is 16.9 Å². The van der Waals surface area contributed by atoms with Crippen LogP contribution in [0.4, 0.5) is 0 Å². The number of fused-ring (bicyclic) bond motifs is 1. The number of ketones is 1. The number of Topliss-reactive ketones (excluding diaryl/α,β-unsaturated/α-hetero) is 1. The minimum Gasteiger partial charge on any atom is -0.317 e. The molecular weight excluding hydrogens is 464 g/mol. The van der Waals surface area contributed by atoms with Gasteiger partial charge in [0.2, 0.25) is 0 Å². The summed E-state index contributed by atoms with van der Waals surface area (Å²) in [4.78, 5) is 44.6. The van der Waals surface area contributed by atoms with E-state index >= 15 is 0 Å². The molecule has 2 aromatic heterocycles. The highest BCUT2D eigenvalue weighted by Crippen LogP contribution is 2.18. The van der Waals surface area contributed by atoms with Crippen molar-refractivity contribution in [3.63, 3.8) is 0 Å². The van der Waals surface area contributed by atoms with Crippen molar-refractivity contribution in [3.8, 4) is 5.69 Å². The lowest BCUT2D eigenvalue weighted by Gasteiger charge is -2.14. The van der Waals surface area contributed by atoms with Crippen LogP contribution in [0.3, 0.4) is 0 Å². The van der Waals surface area contributed by atoms with Crippen LogP contribution in [0, 0.1) is 6.92 Å². The van der Waals surface area contributed by atoms with Crippen molar-refractivity contribution >= 4 is 28.5 Å². The Bertz CT molecular complexity index is 1670. The molecule has 0 radical (unpaired) electrons. The van der Waals surface area contributed by atoms with E-state index in [9.17, 15) is 14.4 Å². The normalized spacial score (nSPS) is 11.1. The third-order valence-corrected chi connectivity index (χ3v) is 6.17. The number of halogens is 1. The Labute approximate surface area is 205 Å². The van der Waals surface area contributed by atoms with E-state index in [-0.39, 0.29) is 30.0 Å². The second-order valence-electron chi connectivity index (χ2n) is 8.26. The summed E-state index contributed by atoms with van der Waals surface area (Å²) in [5.41, 5.74) is 2.16. The van der Waals surface area contributed by atoms with E-state index in [0.29, 0.717) is 16.3 Å². The average molecular weight is 485 g/mol. The monoisotopic (exact) mass is 484 g/mol. The van der Waals surface area contributed by atoms with E-state index in [1.165, 1.54) is 20.0 Å². The number of hydrogen-bond donors (Lipinski definition) is 0. The van der Waals surface area contributed by atoms with Gasteiger partial charge in [-0.05, 0) is 48.4 Å². The van der Waals surface area contributed by atoms with E-state index < -0.39 is 11.2 Å². The highest BCUT2D eigenvalue weighted by Gasteiger charge is 2.21. The lowest BCUT2D eigenvalue weighted by molar-refractivity contribution is 0.0973. The van der Waals surface area contributed by atoms with Gasteiger partial charge in [0.1, 0.15) is 0 Å². The smallest absolute Gasteiger partial charge is 0.317 e. The predicted molar refractivity (Wildman–Crippen MR) is 136 cm³/mol. The maximum Gasteiger partial charge on any atom is 0.337 e. The molecule has 0 N–H and O–H groups in total. The SMILES string of the molecule is Cc1ccccc1-n1c(=O)n(Cc2ccccc2)c(=O)c2c1ncn2CC(=O)c1ccc(Cl)cc1. The molecule has 0 aliphatic carbocycles. The first kappa shape index (κ1) is 22.6. The fourth-order valence-electron chi connectivity index (χ4n) is 4.12. The fourth-order valence-corrected chi connectivity index (χ4v) is 4.24. The summed E-state index contributed by atoms with van der Waals surface area (Å²) in [6.07, 6.45) is 1.43. The molecular formula is C27H21ClN4O3. The van der Waals surface area contributed by atoms with Gasteiger partial charge in [-0.25, -0.2) is 14.3 Å². The number of hydrogen-bond acceptors (Lipinski definition) is 4. The minimum absolute atomic E-state index is 0.0939. The number of benzene rings is 3. The van der Waals surface area contributed by atoms with Gasteiger partial charge in [0.15, 0.2) is 16.9 Å². The first-order valence-electron chi connectivity index (χ1n) is 11.0. The molecule has 0 bridgehead atoms. The van der Waals surface area contributed by atoms with Crippen LogP contribution < -0.4 is 11.2 Å². The topological polar surface area (TPSA) is 78.9 Å². The van der Waals surface area contributed by atoms with Gasteiger partial charge in [0, 0.05) is 10.6 Å². The number of para-hydroxylation sites is 1. The second kappa shape index (κ2) is 9.19. The molecule has 0 atom stereocenters. The number of imidazole rings is 1. The first-order chi connectivity index (χ1) is 16.9. The molecule has 0 amide bonds. The summed E-state index contributed by atoms with van der Waals surface area (Å²) < 4.78 is 4.14. The van der Waals surface area contributed by atoms with Gasteiger partial charge in [-0.1, -0.05) is 60.1 Å². The van der Waals surface area contributed by atoms with Gasteiger partial charge >= 0.3 is 5.69 Å². The van der Waals surface area contributed by atoms with Crippen LogP contribution in [-0.2, 0) is 13.1 Å². The highest BCUT2D eigenvalue weighted by atomic mass is 35.5. The number of aryl methyl sites for hydroxylation is 1. The first-order valence-corrected chi connectivity index (χ1v) is 11.4. The molecule has 174 valence electrons. The molecule has 0 spiro atoms. The van der Waals surface area contributed by atoms with Gasteiger partial charge in [-0.2, -0.15) is 0 Å².